The van der Waals surface area contributed by atoms with Crippen molar-refractivity contribution in [1.29, 1.82) is 0 Å². The molecule has 0 aliphatic carbocycles. The number of thiazole rings is 1. The van der Waals surface area contributed by atoms with Gasteiger partial charge in [-0.15, -0.1) is 11.3 Å². The minimum Gasteiger partial charge on any atom is -0.457 e. The molecule has 3 rings (SSSR count). The Morgan fingerprint density at radius 2 is 2.07 bits per heavy atom. The molecule has 8 heteroatoms. The Balaban J connectivity index is 1.54. The van der Waals surface area contributed by atoms with Gasteiger partial charge in [0.25, 0.3) is 0 Å². The SMILES string of the molecule is Cc1cc(C(=O)COC(=O)Cc2csc(N3CCCC3=O)n2)c(C)n1CCC(C)C. The second-order valence-corrected chi connectivity index (χ2v) is 8.99. The molecule has 162 valence electrons. The highest BCUT2D eigenvalue weighted by atomic mass is 32.1. The fourth-order valence-corrected chi connectivity index (χ4v) is 4.46. The number of amides is 1. The molecule has 7 nitrogen and oxygen atoms in total. The van der Waals surface area contributed by atoms with Crippen molar-refractivity contribution in [3.05, 3.63) is 34.1 Å². The fraction of sp³-hybridized carbons (Fsp3) is 0.545. The van der Waals surface area contributed by atoms with Crippen molar-refractivity contribution in [2.45, 2.75) is 59.9 Å². The monoisotopic (exact) mass is 431 g/mol. The lowest BCUT2D eigenvalue weighted by Crippen LogP contribution is -2.23. The van der Waals surface area contributed by atoms with Gasteiger partial charge in [0.2, 0.25) is 11.7 Å². The summed E-state index contributed by atoms with van der Waals surface area (Å²) in [6.07, 6.45) is 2.39. The zero-order chi connectivity index (χ0) is 21.8. The van der Waals surface area contributed by atoms with Gasteiger partial charge in [0, 0.05) is 41.8 Å². The van der Waals surface area contributed by atoms with E-state index in [1.165, 1.54) is 11.3 Å². The van der Waals surface area contributed by atoms with Crippen molar-refractivity contribution in [3.63, 3.8) is 0 Å². The van der Waals surface area contributed by atoms with Crippen molar-refractivity contribution in [2.75, 3.05) is 18.1 Å². The van der Waals surface area contributed by atoms with Crippen LogP contribution < -0.4 is 4.90 Å². The molecular weight excluding hydrogens is 402 g/mol. The van der Waals surface area contributed by atoms with E-state index in [2.05, 4.69) is 23.4 Å². The van der Waals surface area contributed by atoms with Gasteiger partial charge in [-0.1, -0.05) is 13.8 Å². The molecule has 0 spiro atoms. The minimum atomic E-state index is -0.499. The number of nitrogens with zero attached hydrogens (tertiary/aromatic N) is 3. The summed E-state index contributed by atoms with van der Waals surface area (Å²) in [5.74, 6) is -0.0494. The number of aromatic nitrogens is 2. The topological polar surface area (TPSA) is 81.5 Å². The quantitative estimate of drug-likeness (QED) is 0.447. The Hall–Kier alpha value is -2.48. The summed E-state index contributed by atoms with van der Waals surface area (Å²) >= 11 is 1.34. The van der Waals surface area contributed by atoms with Crippen LogP contribution in [0.1, 0.15) is 60.5 Å². The van der Waals surface area contributed by atoms with Crippen LogP contribution >= 0.6 is 11.3 Å². The number of carbonyl (C=O) groups is 3. The Morgan fingerprint density at radius 1 is 1.30 bits per heavy atom. The molecule has 0 saturated carbocycles. The zero-order valence-electron chi connectivity index (χ0n) is 18.1. The van der Waals surface area contributed by atoms with E-state index in [1.807, 2.05) is 19.9 Å². The molecule has 0 bridgehead atoms. The van der Waals surface area contributed by atoms with Gasteiger partial charge in [0.15, 0.2) is 11.7 Å². The average molecular weight is 432 g/mol. The number of hydrogen-bond acceptors (Lipinski definition) is 6. The maximum absolute atomic E-state index is 12.6. The van der Waals surface area contributed by atoms with Crippen LogP contribution in [0.2, 0.25) is 0 Å². The molecule has 0 radical (unpaired) electrons. The summed E-state index contributed by atoms with van der Waals surface area (Å²) in [6.45, 7) is 9.52. The van der Waals surface area contributed by atoms with Crippen LogP contribution in [0.25, 0.3) is 0 Å². The third-order valence-corrected chi connectivity index (χ3v) is 6.25. The molecule has 1 aliphatic rings. The Labute approximate surface area is 181 Å². The van der Waals surface area contributed by atoms with E-state index in [-0.39, 0.29) is 24.7 Å². The maximum atomic E-state index is 12.6. The zero-order valence-corrected chi connectivity index (χ0v) is 18.9. The Morgan fingerprint density at radius 3 is 2.73 bits per heavy atom. The minimum absolute atomic E-state index is 0.0147. The standard InChI is InChI=1S/C22H29N3O4S/c1-14(2)7-9-24-15(3)10-18(16(24)4)19(26)12-29-21(28)11-17-13-30-22(23-17)25-8-5-6-20(25)27/h10,13-14H,5-9,11-12H2,1-4H3. The highest BCUT2D eigenvalue weighted by Gasteiger charge is 2.24. The van der Waals surface area contributed by atoms with E-state index in [0.29, 0.717) is 35.3 Å². The summed E-state index contributed by atoms with van der Waals surface area (Å²) in [6, 6.07) is 1.87. The molecule has 1 saturated heterocycles. The predicted molar refractivity (Wildman–Crippen MR) is 116 cm³/mol. The van der Waals surface area contributed by atoms with Crippen LogP contribution in [0.3, 0.4) is 0 Å². The van der Waals surface area contributed by atoms with Crippen molar-refractivity contribution >= 4 is 34.1 Å². The summed E-state index contributed by atoms with van der Waals surface area (Å²) in [7, 11) is 0. The van der Waals surface area contributed by atoms with Crippen LogP contribution in [0, 0.1) is 19.8 Å². The third-order valence-electron chi connectivity index (χ3n) is 5.34. The van der Waals surface area contributed by atoms with Crippen LogP contribution in [-0.4, -0.2) is 40.4 Å². The van der Waals surface area contributed by atoms with Crippen molar-refractivity contribution in [2.24, 2.45) is 5.92 Å². The maximum Gasteiger partial charge on any atom is 0.312 e. The summed E-state index contributed by atoms with van der Waals surface area (Å²) < 4.78 is 7.35. The van der Waals surface area contributed by atoms with Crippen molar-refractivity contribution < 1.29 is 19.1 Å². The molecule has 2 aromatic heterocycles. The second-order valence-electron chi connectivity index (χ2n) is 8.15. The smallest absolute Gasteiger partial charge is 0.312 e. The molecule has 1 amide bonds. The van der Waals surface area contributed by atoms with Crippen LogP contribution in [0.4, 0.5) is 5.13 Å². The second kappa shape index (κ2) is 9.55. The number of anilines is 1. The van der Waals surface area contributed by atoms with Gasteiger partial charge in [-0.25, -0.2) is 4.98 Å². The Bertz CT molecular complexity index is 944. The Kier molecular flexibility index (Phi) is 7.07. The van der Waals surface area contributed by atoms with Crippen LogP contribution in [-0.2, 0) is 27.3 Å². The highest BCUT2D eigenvalue weighted by molar-refractivity contribution is 7.14. The highest BCUT2D eigenvalue weighted by Crippen LogP contribution is 2.25. The first-order valence-corrected chi connectivity index (χ1v) is 11.2. The van der Waals surface area contributed by atoms with E-state index < -0.39 is 5.97 Å². The van der Waals surface area contributed by atoms with Gasteiger partial charge in [-0.05, 0) is 38.7 Å². The first-order valence-electron chi connectivity index (χ1n) is 10.4. The van der Waals surface area contributed by atoms with Gasteiger partial charge < -0.3 is 9.30 Å². The molecular formula is C22H29N3O4S. The van der Waals surface area contributed by atoms with E-state index >= 15 is 0 Å². The van der Waals surface area contributed by atoms with Gasteiger partial charge in [0.1, 0.15) is 0 Å². The molecule has 0 unspecified atom stereocenters. The first kappa shape index (κ1) is 22.2. The number of aryl methyl sites for hydroxylation is 1. The van der Waals surface area contributed by atoms with Crippen molar-refractivity contribution in [1.82, 2.24) is 9.55 Å². The normalized spacial score (nSPS) is 14.0. The summed E-state index contributed by atoms with van der Waals surface area (Å²) in [5, 5.41) is 2.37. The fourth-order valence-electron chi connectivity index (χ4n) is 3.59. The first-order chi connectivity index (χ1) is 14.3. The van der Waals surface area contributed by atoms with E-state index in [4.69, 9.17) is 4.74 Å². The number of esters is 1. The molecule has 0 atom stereocenters. The van der Waals surface area contributed by atoms with Gasteiger partial charge in [-0.3, -0.25) is 19.3 Å². The molecule has 1 fully saturated rings. The lowest BCUT2D eigenvalue weighted by molar-refractivity contribution is -0.141. The lowest BCUT2D eigenvalue weighted by atomic mass is 10.1. The predicted octanol–water partition coefficient (Wildman–Crippen LogP) is 3.70. The molecule has 30 heavy (non-hydrogen) atoms. The van der Waals surface area contributed by atoms with Gasteiger partial charge in [-0.2, -0.15) is 0 Å². The third kappa shape index (κ3) is 5.16. The molecule has 1 aliphatic heterocycles. The van der Waals surface area contributed by atoms with E-state index in [9.17, 15) is 14.4 Å². The lowest BCUT2D eigenvalue weighted by Gasteiger charge is -2.11. The van der Waals surface area contributed by atoms with Gasteiger partial charge >= 0.3 is 5.97 Å². The number of carbonyl (C=O) groups excluding carboxylic acids is 3. The molecule has 0 aromatic carbocycles. The molecule has 0 N–H and O–H groups in total. The largest absolute Gasteiger partial charge is 0.457 e. The van der Waals surface area contributed by atoms with E-state index in [1.54, 1.807) is 10.3 Å². The summed E-state index contributed by atoms with van der Waals surface area (Å²) in [4.78, 5) is 42.6. The number of hydrogen-bond donors (Lipinski definition) is 0. The number of Topliss-reactive ketones (excluding diaryl/α,β-unsaturated/α-hetero) is 1. The molecule has 2 aromatic rings. The van der Waals surface area contributed by atoms with Crippen LogP contribution in [0.5, 0.6) is 0 Å². The molecule has 3 heterocycles. The summed E-state index contributed by atoms with van der Waals surface area (Å²) in [5.41, 5.74) is 3.11. The number of ether oxygens (including phenoxy) is 1. The van der Waals surface area contributed by atoms with Gasteiger partial charge in [0.05, 0.1) is 12.1 Å². The van der Waals surface area contributed by atoms with Crippen molar-refractivity contribution in [3.8, 4) is 0 Å². The number of rotatable bonds is 9. The van der Waals surface area contributed by atoms with Crippen LogP contribution in [0.15, 0.2) is 11.4 Å². The van der Waals surface area contributed by atoms with E-state index in [0.717, 1.165) is 30.8 Å². The number of ketones is 1. The average Bonchev–Trinajstić information content (AvgIpc) is 3.38.